The molecule has 1 saturated heterocycles. The van der Waals surface area contributed by atoms with Crippen molar-refractivity contribution in [1.29, 1.82) is 0 Å². The predicted molar refractivity (Wildman–Crippen MR) is 124 cm³/mol. The first-order valence-corrected chi connectivity index (χ1v) is 11.5. The summed E-state index contributed by atoms with van der Waals surface area (Å²) in [5.41, 5.74) is 5.22. The summed E-state index contributed by atoms with van der Waals surface area (Å²) in [6, 6.07) is 2.10. The average Bonchev–Trinajstić information content (AvgIpc) is 3.55. The van der Waals surface area contributed by atoms with Crippen LogP contribution < -0.4 is 10.6 Å². The van der Waals surface area contributed by atoms with Crippen molar-refractivity contribution in [3.8, 4) is 0 Å². The van der Waals surface area contributed by atoms with Crippen molar-refractivity contribution < 1.29 is 23.1 Å². The monoisotopic (exact) mass is 501 g/mol. The molecule has 1 unspecified atom stereocenters. The number of unbranched alkanes of at least 4 members (excludes halogenated alkanes) is 1. The molecule has 1 aromatic carbocycles. The van der Waals surface area contributed by atoms with Gasteiger partial charge in [0.15, 0.2) is 17.3 Å². The summed E-state index contributed by atoms with van der Waals surface area (Å²) in [5, 5.41) is 22.4. The van der Waals surface area contributed by atoms with Crippen molar-refractivity contribution in [2.75, 3.05) is 37.3 Å². The van der Waals surface area contributed by atoms with Gasteiger partial charge in [-0.3, -0.25) is 4.79 Å². The molecule has 5 rings (SSSR count). The van der Waals surface area contributed by atoms with Crippen LogP contribution in [-0.4, -0.2) is 78.0 Å². The number of aryl methyl sites for hydroxylation is 1. The largest absolute Gasteiger partial charge is 0.399 e. The van der Waals surface area contributed by atoms with Gasteiger partial charge in [0.1, 0.15) is 11.3 Å². The molecule has 14 heteroatoms. The Labute approximate surface area is 203 Å². The van der Waals surface area contributed by atoms with Crippen molar-refractivity contribution >= 4 is 34.4 Å². The van der Waals surface area contributed by atoms with E-state index in [0.717, 1.165) is 12.1 Å². The van der Waals surface area contributed by atoms with Gasteiger partial charge in [-0.2, -0.15) is 4.52 Å². The first-order valence-electron chi connectivity index (χ1n) is 11.5. The first kappa shape index (κ1) is 23.8. The van der Waals surface area contributed by atoms with Gasteiger partial charge in [0.25, 0.3) is 0 Å². The number of benzene rings is 1. The summed E-state index contributed by atoms with van der Waals surface area (Å²) in [7, 11) is 1.64. The molecule has 0 spiro atoms. The number of amides is 1. The van der Waals surface area contributed by atoms with Gasteiger partial charge >= 0.3 is 17.8 Å². The van der Waals surface area contributed by atoms with Crippen LogP contribution in [0.4, 0.5) is 20.7 Å². The molecule has 12 nitrogen and oxygen atoms in total. The zero-order valence-electron chi connectivity index (χ0n) is 19.8. The average molecular weight is 501 g/mol. The van der Waals surface area contributed by atoms with Crippen molar-refractivity contribution in [1.82, 2.24) is 34.7 Å². The van der Waals surface area contributed by atoms with Gasteiger partial charge in [0, 0.05) is 32.6 Å². The molecule has 3 aromatic heterocycles. The first-order chi connectivity index (χ1) is 17.1. The number of aliphatic hydroxyl groups is 1. The highest BCUT2D eigenvalue weighted by Gasteiger charge is 2.34. The summed E-state index contributed by atoms with van der Waals surface area (Å²) in [5.74, 6) is -1.69. The smallest absolute Gasteiger partial charge is 0.318 e. The van der Waals surface area contributed by atoms with Crippen LogP contribution in [0.15, 0.2) is 16.5 Å². The van der Waals surface area contributed by atoms with Crippen LogP contribution in [0.2, 0.25) is 0 Å². The molecule has 4 heterocycles. The molecule has 0 bridgehead atoms. The van der Waals surface area contributed by atoms with E-state index in [0.29, 0.717) is 51.1 Å². The third-order valence-electron chi connectivity index (χ3n) is 6.17. The third kappa shape index (κ3) is 4.51. The Balaban J connectivity index is 1.19. The Morgan fingerprint density at radius 1 is 1.28 bits per heavy atom. The molecule has 3 N–H and O–H groups in total. The molecule has 1 aliphatic heterocycles. The molecule has 36 heavy (non-hydrogen) atoms. The van der Waals surface area contributed by atoms with E-state index in [1.807, 2.05) is 0 Å². The highest BCUT2D eigenvalue weighted by Crippen LogP contribution is 2.26. The van der Waals surface area contributed by atoms with Gasteiger partial charge in [-0.05, 0) is 32.3 Å². The normalized spacial score (nSPS) is 18.0. The molecule has 1 atom stereocenters. The quantitative estimate of drug-likeness (QED) is 0.357. The van der Waals surface area contributed by atoms with E-state index >= 15 is 0 Å². The second-order valence-corrected chi connectivity index (χ2v) is 9.26. The van der Waals surface area contributed by atoms with Crippen LogP contribution in [0.5, 0.6) is 0 Å². The number of rotatable bonds is 7. The maximum absolute atomic E-state index is 14.1. The second-order valence-electron chi connectivity index (χ2n) is 9.26. The minimum absolute atomic E-state index is 0.0523. The lowest BCUT2D eigenvalue weighted by Crippen LogP contribution is -2.29. The number of nitrogen functional groups attached to an aromatic ring is 1. The standard InChI is InChI=1S/C22H25F2N9O3/c1-22(35)6-8-32(11-22)21-29-28-18(36-21)19(34)31(2)7-4-3-5-15-26-17-13-9-12(23)10-14(24)16(13)27-20(25)33(17)30-15/h9-10,35H,3-8,11H2,1-2H3,(H2,25,27). The number of aromatic nitrogens is 6. The molecular weight excluding hydrogens is 476 g/mol. The molecule has 0 radical (unpaired) electrons. The molecule has 190 valence electrons. The van der Waals surface area contributed by atoms with E-state index in [2.05, 4.69) is 25.3 Å². The molecule has 0 saturated carbocycles. The molecule has 1 aliphatic rings. The van der Waals surface area contributed by atoms with E-state index < -0.39 is 23.1 Å². The topological polar surface area (TPSA) is 152 Å². The summed E-state index contributed by atoms with van der Waals surface area (Å²) < 4.78 is 34.6. The van der Waals surface area contributed by atoms with Crippen molar-refractivity contribution in [2.45, 2.75) is 38.2 Å². The summed E-state index contributed by atoms with van der Waals surface area (Å²) in [6.07, 6.45) is 2.31. The second kappa shape index (κ2) is 8.93. The number of carbonyl (C=O) groups excluding carboxylic acids is 1. The number of carbonyl (C=O) groups is 1. The Kier molecular flexibility index (Phi) is 5.90. The number of β-amino-alcohol motifs (C(OH)–C–C–N with tert-alkyl or cyclic N) is 1. The number of hydrogen-bond acceptors (Lipinski definition) is 10. The van der Waals surface area contributed by atoms with E-state index in [4.69, 9.17) is 10.2 Å². The highest BCUT2D eigenvalue weighted by molar-refractivity contribution is 5.92. The third-order valence-corrected chi connectivity index (χ3v) is 6.17. The number of nitrogens with two attached hydrogens (primary N) is 1. The molecular formula is C22H25F2N9O3. The number of hydrogen-bond donors (Lipinski definition) is 2. The van der Waals surface area contributed by atoms with E-state index in [1.54, 1.807) is 18.9 Å². The van der Waals surface area contributed by atoms with Gasteiger partial charge < -0.3 is 25.1 Å². The van der Waals surface area contributed by atoms with Crippen LogP contribution in [0, 0.1) is 11.6 Å². The summed E-state index contributed by atoms with van der Waals surface area (Å²) in [6.45, 7) is 3.08. The van der Waals surface area contributed by atoms with Crippen LogP contribution in [-0.2, 0) is 6.42 Å². The van der Waals surface area contributed by atoms with Gasteiger partial charge in [-0.1, -0.05) is 5.10 Å². The van der Waals surface area contributed by atoms with Crippen molar-refractivity contribution in [3.05, 3.63) is 35.5 Å². The lowest BCUT2D eigenvalue weighted by atomic mass is 10.1. The van der Waals surface area contributed by atoms with E-state index in [-0.39, 0.29) is 34.4 Å². The lowest BCUT2D eigenvalue weighted by Gasteiger charge is -2.16. The van der Waals surface area contributed by atoms with E-state index in [9.17, 15) is 18.7 Å². The van der Waals surface area contributed by atoms with Crippen molar-refractivity contribution in [3.63, 3.8) is 0 Å². The minimum Gasteiger partial charge on any atom is -0.399 e. The fourth-order valence-electron chi connectivity index (χ4n) is 4.24. The van der Waals surface area contributed by atoms with Crippen LogP contribution >= 0.6 is 0 Å². The number of fused-ring (bicyclic) bond motifs is 3. The highest BCUT2D eigenvalue weighted by atomic mass is 19.1. The Morgan fingerprint density at radius 2 is 2.08 bits per heavy atom. The maximum atomic E-state index is 14.1. The van der Waals surface area contributed by atoms with Crippen LogP contribution in [0.25, 0.3) is 16.6 Å². The van der Waals surface area contributed by atoms with Gasteiger partial charge in [0.2, 0.25) is 5.95 Å². The Hall–Kier alpha value is -3.94. The van der Waals surface area contributed by atoms with Crippen LogP contribution in [0.3, 0.4) is 0 Å². The zero-order valence-corrected chi connectivity index (χ0v) is 19.8. The summed E-state index contributed by atoms with van der Waals surface area (Å²) in [4.78, 5) is 24.3. The molecule has 1 fully saturated rings. The molecule has 4 aromatic rings. The fourth-order valence-corrected chi connectivity index (χ4v) is 4.24. The van der Waals surface area contributed by atoms with Gasteiger partial charge in [-0.15, -0.1) is 10.2 Å². The zero-order chi connectivity index (χ0) is 25.6. The SMILES string of the molecule is CN(CCCCc1nc2c3cc(F)cc(F)c3nc(N)n2n1)C(=O)c1nnc(N2CCC(C)(O)C2)o1. The van der Waals surface area contributed by atoms with Gasteiger partial charge in [-0.25, -0.2) is 18.7 Å². The van der Waals surface area contributed by atoms with E-state index in [1.165, 1.54) is 9.42 Å². The molecule has 0 aliphatic carbocycles. The number of halogens is 2. The van der Waals surface area contributed by atoms with Crippen LogP contribution in [0.1, 0.15) is 42.7 Å². The van der Waals surface area contributed by atoms with Crippen molar-refractivity contribution in [2.24, 2.45) is 0 Å². The number of anilines is 2. The molecule has 1 amide bonds. The minimum atomic E-state index is -0.826. The Morgan fingerprint density at radius 3 is 2.83 bits per heavy atom. The lowest BCUT2D eigenvalue weighted by molar-refractivity contribution is 0.0753. The number of nitrogens with zero attached hydrogens (tertiary/aromatic N) is 8. The van der Waals surface area contributed by atoms with Gasteiger partial charge in [0.05, 0.1) is 17.5 Å². The fraction of sp³-hybridized carbons (Fsp3) is 0.455. The summed E-state index contributed by atoms with van der Waals surface area (Å²) >= 11 is 0. The Bertz CT molecular complexity index is 1450. The predicted octanol–water partition coefficient (Wildman–Crippen LogP) is 1.58. The maximum Gasteiger partial charge on any atom is 0.318 e.